The van der Waals surface area contributed by atoms with E-state index in [1.54, 1.807) is 12.4 Å². The summed E-state index contributed by atoms with van der Waals surface area (Å²) in [7, 11) is 0. The van der Waals surface area contributed by atoms with E-state index in [1.807, 2.05) is 18.2 Å². The third kappa shape index (κ3) is 2.08. The molecule has 3 aromatic rings. The van der Waals surface area contributed by atoms with Crippen LogP contribution in [-0.2, 0) is 4.79 Å². The molecule has 0 spiro atoms. The fourth-order valence-electron chi connectivity index (χ4n) is 2.67. The topological polar surface area (TPSA) is 81.8 Å². The predicted octanol–water partition coefficient (Wildman–Crippen LogP) is 2.52. The first-order valence-electron chi connectivity index (χ1n) is 6.89. The summed E-state index contributed by atoms with van der Waals surface area (Å²) in [6.45, 7) is 0. The van der Waals surface area contributed by atoms with E-state index in [-0.39, 0.29) is 11.7 Å². The van der Waals surface area contributed by atoms with Crippen LogP contribution in [0.1, 0.15) is 31.1 Å². The molecule has 104 valence electrons. The van der Waals surface area contributed by atoms with Gasteiger partial charge in [-0.1, -0.05) is 5.16 Å². The number of hydrogen-bond acceptors (Lipinski definition) is 6. The molecule has 0 amide bonds. The van der Waals surface area contributed by atoms with Crippen LogP contribution >= 0.6 is 0 Å². The molecule has 1 saturated carbocycles. The second-order valence-electron chi connectivity index (χ2n) is 5.13. The molecule has 1 aromatic carbocycles. The second kappa shape index (κ2) is 4.73. The van der Waals surface area contributed by atoms with Crippen LogP contribution in [0.25, 0.3) is 22.4 Å². The molecule has 0 saturated heterocycles. The van der Waals surface area contributed by atoms with Crippen LogP contribution < -0.4 is 0 Å². The van der Waals surface area contributed by atoms with Gasteiger partial charge in [-0.05, 0) is 31.0 Å². The smallest absolute Gasteiger partial charge is 0.237 e. The lowest BCUT2D eigenvalue weighted by molar-refractivity contribution is -0.119. The van der Waals surface area contributed by atoms with Crippen molar-refractivity contribution in [3.8, 4) is 11.4 Å². The molecule has 1 aliphatic rings. The Morgan fingerprint density at radius 3 is 2.81 bits per heavy atom. The Hall–Kier alpha value is -2.63. The number of fused-ring (bicyclic) bond motifs is 1. The van der Waals surface area contributed by atoms with Crippen LogP contribution in [0.3, 0.4) is 0 Å². The van der Waals surface area contributed by atoms with Gasteiger partial charge in [0.05, 0.1) is 17.0 Å². The zero-order chi connectivity index (χ0) is 14.2. The lowest BCUT2D eigenvalue weighted by Gasteiger charge is -1.99. The van der Waals surface area contributed by atoms with Crippen LogP contribution in [0, 0.1) is 0 Å². The average Bonchev–Trinajstić information content (AvgIpc) is 3.15. The molecule has 0 bridgehead atoms. The van der Waals surface area contributed by atoms with Crippen molar-refractivity contribution in [3.63, 3.8) is 0 Å². The highest BCUT2D eigenvalue weighted by Crippen LogP contribution is 2.31. The summed E-state index contributed by atoms with van der Waals surface area (Å²) in [6, 6.07) is 5.62. The number of nitrogens with zero attached hydrogens (tertiary/aromatic N) is 4. The van der Waals surface area contributed by atoms with Gasteiger partial charge >= 0.3 is 0 Å². The van der Waals surface area contributed by atoms with E-state index in [4.69, 9.17) is 4.52 Å². The van der Waals surface area contributed by atoms with Gasteiger partial charge < -0.3 is 4.52 Å². The minimum atomic E-state index is -0.230. The van der Waals surface area contributed by atoms with Gasteiger partial charge in [0, 0.05) is 24.4 Å². The van der Waals surface area contributed by atoms with Crippen molar-refractivity contribution < 1.29 is 9.32 Å². The maximum absolute atomic E-state index is 11.7. The number of benzene rings is 1. The molecule has 0 aliphatic heterocycles. The van der Waals surface area contributed by atoms with E-state index in [9.17, 15) is 4.79 Å². The van der Waals surface area contributed by atoms with Crippen molar-refractivity contribution in [2.45, 2.75) is 25.2 Å². The molecule has 2 heterocycles. The fourth-order valence-corrected chi connectivity index (χ4v) is 2.67. The number of rotatable bonds is 2. The minimum Gasteiger partial charge on any atom is -0.338 e. The van der Waals surface area contributed by atoms with Crippen molar-refractivity contribution in [1.82, 2.24) is 20.1 Å². The van der Waals surface area contributed by atoms with Gasteiger partial charge in [0.15, 0.2) is 0 Å². The van der Waals surface area contributed by atoms with Crippen LogP contribution in [0.4, 0.5) is 0 Å². The number of hydrogen-bond donors (Lipinski definition) is 0. The summed E-state index contributed by atoms with van der Waals surface area (Å²) in [6.07, 6.45) is 5.59. The maximum atomic E-state index is 11.7. The minimum absolute atomic E-state index is 0.189. The summed E-state index contributed by atoms with van der Waals surface area (Å²) in [5.74, 6) is 0.866. The number of Topliss-reactive ketones (excluding diaryl/α,β-unsaturated/α-hetero) is 1. The molecule has 6 heteroatoms. The average molecular weight is 280 g/mol. The highest BCUT2D eigenvalue weighted by molar-refractivity contribution is 5.86. The SMILES string of the molecule is O=C1CCCC1c1nc(-c2ccc3nccnc3c2)no1. The number of carbonyl (C=O) groups excluding carboxylic acids is 1. The molecule has 0 N–H and O–H groups in total. The molecular weight excluding hydrogens is 268 g/mol. The van der Waals surface area contributed by atoms with Gasteiger partial charge in [-0.3, -0.25) is 14.8 Å². The summed E-state index contributed by atoms with van der Waals surface area (Å²) >= 11 is 0. The lowest BCUT2D eigenvalue weighted by atomic mass is 10.1. The molecule has 1 atom stereocenters. The van der Waals surface area contributed by atoms with Crippen molar-refractivity contribution in [3.05, 3.63) is 36.5 Å². The second-order valence-corrected chi connectivity index (χ2v) is 5.13. The Morgan fingerprint density at radius 2 is 2.00 bits per heavy atom. The van der Waals surface area contributed by atoms with Crippen LogP contribution in [-0.4, -0.2) is 25.9 Å². The number of ketones is 1. The van der Waals surface area contributed by atoms with Gasteiger partial charge in [0.25, 0.3) is 0 Å². The first kappa shape index (κ1) is 12.1. The Kier molecular flexibility index (Phi) is 2.73. The van der Waals surface area contributed by atoms with Gasteiger partial charge in [0.1, 0.15) is 5.78 Å². The molecule has 0 radical (unpaired) electrons. The zero-order valence-corrected chi connectivity index (χ0v) is 11.2. The van der Waals surface area contributed by atoms with Gasteiger partial charge in [-0.2, -0.15) is 4.98 Å². The van der Waals surface area contributed by atoms with E-state index in [0.29, 0.717) is 18.1 Å². The molecular formula is C15H12N4O2. The largest absolute Gasteiger partial charge is 0.338 e. The van der Waals surface area contributed by atoms with Gasteiger partial charge in [-0.25, -0.2) is 0 Å². The molecule has 1 fully saturated rings. The summed E-state index contributed by atoms with van der Waals surface area (Å²) in [5, 5.41) is 3.99. The van der Waals surface area contributed by atoms with E-state index >= 15 is 0 Å². The highest BCUT2D eigenvalue weighted by Gasteiger charge is 2.31. The monoisotopic (exact) mass is 280 g/mol. The first-order valence-corrected chi connectivity index (χ1v) is 6.89. The normalized spacial score (nSPS) is 18.5. The molecule has 4 rings (SSSR count). The van der Waals surface area contributed by atoms with Crippen molar-refractivity contribution >= 4 is 16.8 Å². The molecule has 6 nitrogen and oxygen atoms in total. The highest BCUT2D eigenvalue weighted by atomic mass is 16.5. The Morgan fingerprint density at radius 1 is 1.14 bits per heavy atom. The van der Waals surface area contributed by atoms with Crippen LogP contribution in [0.5, 0.6) is 0 Å². The van der Waals surface area contributed by atoms with E-state index in [2.05, 4.69) is 20.1 Å². The molecule has 2 aromatic heterocycles. The van der Waals surface area contributed by atoms with Gasteiger partial charge in [0.2, 0.25) is 11.7 Å². The predicted molar refractivity (Wildman–Crippen MR) is 74.4 cm³/mol. The fraction of sp³-hybridized carbons (Fsp3) is 0.267. The number of carbonyl (C=O) groups is 1. The summed E-state index contributed by atoms with van der Waals surface area (Å²) in [4.78, 5) is 24.6. The quantitative estimate of drug-likeness (QED) is 0.717. The van der Waals surface area contributed by atoms with Crippen molar-refractivity contribution in [1.29, 1.82) is 0 Å². The Labute approximate surface area is 120 Å². The van der Waals surface area contributed by atoms with Crippen molar-refractivity contribution in [2.24, 2.45) is 0 Å². The third-order valence-corrected chi connectivity index (χ3v) is 3.77. The van der Waals surface area contributed by atoms with Gasteiger partial charge in [-0.15, -0.1) is 0 Å². The van der Waals surface area contributed by atoms with Crippen LogP contribution in [0.2, 0.25) is 0 Å². The molecule has 1 unspecified atom stereocenters. The zero-order valence-electron chi connectivity index (χ0n) is 11.2. The lowest BCUT2D eigenvalue weighted by Crippen LogP contribution is -2.04. The standard InChI is InChI=1S/C15H12N4O2/c20-13-3-1-2-10(13)15-18-14(19-21-15)9-4-5-11-12(8-9)17-7-6-16-11/h4-8,10H,1-3H2. The molecule has 1 aliphatic carbocycles. The maximum Gasteiger partial charge on any atom is 0.237 e. The van der Waals surface area contributed by atoms with Crippen molar-refractivity contribution in [2.75, 3.05) is 0 Å². The Balaban J connectivity index is 1.72. The third-order valence-electron chi connectivity index (χ3n) is 3.77. The molecule has 21 heavy (non-hydrogen) atoms. The van der Waals surface area contributed by atoms with Crippen LogP contribution in [0.15, 0.2) is 35.1 Å². The first-order chi connectivity index (χ1) is 10.3. The van der Waals surface area contributed by atoms with E-state index < -0.39 is 0 Å². The summed E-state index contributed by atoms with van der Waals surface area (Å²) in [5.41, 5.74) is 2.40. The van der Waals surface area contributed by atoms with E-state index in [0.717, 1.165) is 29.4 Å². The van der Waals surface area contributed by atoms with E-state index in [1.165, 1.54) is 0 Å². The Bertz CT molecular complexity index is 827. The number of aromatic nitrogens is 4. The summed E-state index contributed by atoms with van der Waals surface area (Å²) < 4.78 is 5.27.